The number of anilines is 1. The summed E-state index contributed by atoms with van der Waals surface area (Å²) in [6.07, 6.45) is 0.985. The average Bonchev–Trinajstić information content (AvgIpc) is 2.16. The van der Waals surface area contributed by atoms with E-state index in [0.717, 1.165) is 13.0 Å². The van der Waals surface area contributed by atoms with Crippen LogP contribution in [-0.2, 0) is 0 Å². The summed E-state index contributed by atoms with van der Waals surface area (Å²) in [5.74, 6) is 0.640. The smallest absolute Gasteiger partial charge is 0.385 e. The summed E-state index contributed by atoms with van der Waals surface area (Å²) in [7, 11) is 0. The van der Waals surface area contributed by atoms with E-state index in [2.05, 4.69) is 50.4 Å². The first kappa shape index (κ1) is 17.5. The molecule has 0 aromatic heterocycles. The standard InChI is InChI=1S/C12H18N.CH3.U/c1-4-10(2)9-13-12-7-5-11(3)6-8-12;;/h5-8,10,13H,1,4,9H2,2-3H3;1H3;/q2*-1;+2. The second-order valence-electron chi connectivity index (χ2n) is 3.64. The molecule has 1 N–H and O–H groups in total. The molecule has 0 radical (unpaired) electrons. The van der Waals surface area contributed by atoms with Crippen LogP contribution in [0.3, 0.4) is 0 Å². The summed E-state index contributed by atoms with van der Waals surface area (Å²) in [4.78, 5) is 0. The van der Waals surface area contributed by atoms with E-state index in [-0.39, 0.29) is 38.5 Å². The van der Waals surface area contributed by atoms with E-state index in [9.17, 15) is 0 Å². The van der Waals surface area contributed by atoms with Gasteiger partial charge in [0.2, 0.25) is 0 Å². The molecule has 2 heteroatoms. The Morgan fingerprint density at radius 2 is 1.80 bits per heavy atom. The Kier molecular flexibility index (Phi) is 10.8. The van der Waals surface area contributed by atoms with Crippen LogP contribution in [0.25, 0.3) is 0 Å². The van der Waals surface area contributed by atoms with Gasteiger partial charge < -0.3 is 19.7 Å². The van der Waals surface area contributed by atoms with Crippen LogP contribution in [0.2, 0.25) is 0 Å². The average molecular weight is 429 g/mol. The van der Waals surface area contributed by atoms with Crippen molar-refractivity contribution in [2.45, 2.75) is 20.3 Å². The third kappa shape index (κ3) is 7.04. The van der Waals surface area contributed by atoms with Gasteiger partial charge in [-0.15, -0.1) is 0 Å². The van der Waals surface area contributed by atoms with Crippen molar-refractivity contribution < 1.29 is 31.1 Å². The molecule has 1 unspecified atom stereocenters. The van der Waals surface area contributed by atoms with Gasteiger partial charge in [-0.1, -0.05) is 30.5 Å². The number of aryl methyl sites for hydroxylation is 1. The molecule has 0 aliphatic rings. The SMILES string of the molecule is [CH2-]CC(C)CNc1ccc(C)cc1.[CH3-].[U+2]. The number of hydrogen-bond acceptors (Lipinski definition) is 1. The Morgan fingerprint density at radius 3 is 2.27 bits per heavy atom. The molecular formula is C13H21NU. The fourth-order valence-corrected chi connectivity index (χ4v) is 1.07. The second kappa shape index (κ2) is 9.31. The fraction of sp³-hybridized carbons (Fsp3) is 0.385. The third-order valence-electron chi connectivity index (χ3n) is 2.20. The predicted molar refractivity (Wildman–Crippen MR) is 65.2 cm³/mol. The molecule has 82 valence electrons. The number of benzene rings is 1. The van der Waals surface area contributed by atoms with Gasteiger partial charge in [0.15, 0.2) is 0 Å². The van der Waals surface area contributed by atoms with Crippen LogP contribution in [0.4, 0.5) is 5.69 Å². The van der Waals surface area contributed by atoms with Crippen LogP contribution < -0.4 is 5.32 Å². The third-order valence-corrected chi connectivity index (χ3v) is 2.20. The zero-order valence-electron chi connectivity index (χ0n) is 10.0. The molecule has 0 spiro atoms. The quantitative estimate of drug-likeness (QED) is 0.720. The van der Waals surface area contributed by atoms with E-state index in [4.69, 9.17) is 0 Å². The summed E-state index contributed by atoms with van der Waals surface area (Å²) in [5.41, 5.74) is 2.50. The molecule has 0 amide bonds. The van der Waals surface area contributed by atoms with E-state index >= 15 is 0 Å². The van der Waals surface area contributed by atoms with E-state index in [1.54, 1.807) is 0 Å². The molecule has 0 aliphatic carbocycles. The monoisotopic (exact) mass is 429 g/mol. The van der Waals surface area contributed by atoms with Crippen molar-refractivity contribution in [3.05, 3.63) is 44.2 Å². The van der Waals surface area contributed by atoms with Gasteiger partial charge in [0, 0.05) is 12.2 Å². The summed E-state index contributed by atoms with van der Waals surface area (Å²) in [6.45, 7) is 9.18. The van der Waals surface area contributed by atoms with E-state index < -0.39 is 0 Å². The molecule has 1 nitrogen and oxygen atoms in total. The first-order chi connectivity index (χ1) is 6.22. The van der Waals surface area contributed by atoms with Crippen molar-refractivity contribution >= 4 is 5.69 Å². The van der Waals surface area contributed by atoms with Crippen molar-refractivity contribution in [1.82, 2.24) is 0 Å². The minimum Gasteiger partial charge on any atom is -0.385 e. The van der Waals surface area contributed by atoms with Crippen LogP contribution >= 0.6 is 0 Å². The molecule has 0 fully saturated rings. The van der Waals surface area contributed by atoms with E-state index in [0.29, 0.717) is 5.92 Å². The molecule has 15 heavy (non-hydrogen) atoms. The van der Waals surface area contributed by atoms with Crippen molar-refractivity contribution in [3.63, 3.8) is 0 Å². The van der Waals surface area contributed by atoms with Gasteiger partial charge in [-0.3, -0.25) is 0 Å². The van der Waals surface area contributed by atoms with Gasteiger partial charge >= 0.3 is 31.1 Å². The van der Waals surface area contributed by atoms with Gasteiger partial charge in [-0.25, -0.2) is 0 Å². The van der Waals surface area contributed by atoms with Gasteiger partial charge in [-0.05, 0) is 19.1 Å². The van der Waals surface area contributed by atoms with Crippen LogP contribution in [0.15, 0.2) is 24.3 Å². The van der Waals surface area contributed by atoms with Gasteiger partial charge in [0.05, 0.1) is 0 Å². The molecule has 0 saturated heterocycles. The Balaban J connectivity index is 0. The summed E-state index contributed by atoms with van der Waals surface area (Å²) < 4.78 is 0. The molecule has 0 aliphatic heterocycles. The Labute approximate surface area is 118 Å². The molecular weight excluding hydrogens is 408 g/mol. The maximum atomic E-state index is 3.87. The fourth-order valence-electron chi connectivity index (χ4n) is 1.07. The first-order valence-electron chi connectivity index (χ1n) is 4.82. The number of hydrogen-bond donors (Lipinski definition) is 1. The molecule has 0 heterocycles. The zero-order chi connectivity index (χ0) is 9.68. The van der Waals surface area contributed by atoms with Gasteiger partial charge in [0.25, 0.3) is 0 Å². The van der Waals surface area contributed by atoms with Gasteiger partial charge in [-0.2, -0.15) is 6.42 Å². The first-order valence-corrected chi connectivity index (χ1v) is 4.82. The molecule has 1 atom stereocenters. The maximum Gasteiger partial charge on any atom is 2.00 e. The zero-order valence-corrected chi connectivity index (χ0v) is 14.2. The normalized spacial score (nSPS) is 10.9. The van der Waals surface area contributed by atoms with Crippen molar-refractivity contribution in [2.75, 3.05) is 11.9 Å². The van der Waals surface area contributed by atoms with Crippen molar-refractivity contribution in [1.29, 1.82) is 0 Å². The summed E-state index contributed by atoms with van der Waals surface area (Å²) in [5, 5.41) is 3.38. The molecule has 1 aromatic rings. The largest absolute Gasteiger partial charge is 2.00 e. The Morgan fingerprint density at radius 1 is 1.27 bits per heavy atom. The molecule has 1 aromatic carbocycles. The predicted octanol–water partition coefficient (Wildman–Crippen LogP) is 3.72. The molecule has 0 saturated carbocycles. The minimum absolute atomic E-state index is 0. The number of rotatable bonds is 4. The van der Waals surface area contributed by atoms with E-state index in [1.807, 2.05) is 0 Å². The summed E-state index contributed by atoms with van der Waals surface area (Å²) in [6, 6.07) is 8.48. The second-order valence-corrected chi connectivity index (χ2v) is 3.64. The van der Waals surface area contributed by atoms with Crippen LogP contribution in [0.5, 0.6) is 0 Å². The molecule has 1 rings (SSSR count). The Hall–Kier alpha value is 0.0719. The van der Waals surface area contributed by atoms with Crippen LogP contribution in [0, 0.1) is 58.3 Å². The topological polar surface area (TPSA) is 12.0 Å². The minimum atomic E-state index is 0. The molecule has 0 bridgehead atoms. The van der Waals surface area contributed by atoms with Crippen molar-refractivity contribution in [2.24, 2.45) is 5.92 Å². The van der Waals surface area contributed by atoms with E-state index in [1.165, 1.54) is 11.3 Å². The van der Waals surface area contributed by atoms with Gasteiger partial charge in [0.1, 0.15) is 0 Å². The van der Waals surface area contributed by atoms with Crippen molar-refractivity contribution in [3.8, 4) is 0 Å². The summed E-state index contributed by atoms with van der Waals surface area (Å²) >= 11 is 0. The van der Waals surface area contributed by atoms with Crippen LogP contribution in [0.1, 0.15) is 18.9 Å². The number of nitrogens with one attached hydrogen (secondary N) is 1. The Bertz CT molecular complexity index is 243. The van der Waals surface area contributed by atoms with Crippen LogP contribution in [-0.4, -0.2) is 6.54 Å². The maximum absolute atomic E-state index is 3.87.